The minimum Gasteiger partial charge on any atom is -0.497 e. The molecule has 1 unspecified atom stereocenters. The largest absolute Gasteiger partial charge is 0.497 e. The van der Waals surface area contributed by atoms with Crippen LogP contribution in [-0.2, 0) is 0 Å². The Morgan fingerprint density at radius 1 is 1.14 bits per heavy atom. The molecule has 116 valence electrons. The normalized spacial score (nSPS) is 21.9. The number of hydrogen-bond donors (Lipinski definition) is 0. The highest BCUT2D eigenvalue weighted by atomic mass is 32.1. The molecule has 0 spiro atoms. The molecule has 1 atom stereocenters. The first kappa shape index (κ1) is 14.0. The van der Waals surface area contributed by atoms with Crippen molar-refractivity contribution < 1.29 is 4.74 Å². The van der Waals surface area contributed by atoms with Crippen molar-refractivity contribution in [2.24, 2.45) is 0 Å². The number of hydrogen-bond acceptors (Lipinski definition) is 6. The Hall–Kier alpha value is -1.66. The lowest BCUT2D eigenvalue weighted by molar-refractivity contribution is 0.231. The van der Waals surface area contributed by atoms with E-state index in [0.29, 0.717) is 6.04 Å². The van der Waals surface area contributed by atoms with E-state index in [9.17, 15) is 0 Å². The molecule has 0 bridgehead atoms. The molecule has 2 aliphatic rings. The molecule has 2 saturated heterocycles. The van der Waals surface area contributed by atoms with E-state index in [1.54, 1.807) is 18.4 Å². The Balaban J connectivity index is 1.51. The van der Waals surface area contributed by atoms with E-state index in [2.05, 4.69) is 20.0 Å². The van der Waals surface area contributed by atoms with E-state index in [4.69, 9.17) is 4.74 Å². The van der Waals surface area contributed by atoms with E-state index >= 15 is 0 Å². The van der Waals surface area contributed by atoms with Crippen molar-refractivity contribution in [2.75, 3.05) is 38.2 Å². The summed E-state index contributed by atoms with van der Waals surface area (Å²) in [7, 11) is 1.68. The van der Waals surface area contributed by atoms with Crippen LogP contribution in [-0.4, -0.2) is 54.4 Å². The van der Waals surface area contributed by atoms with Gasteiger partial charge in [-0.15, -0.1) is 10.2 Å². The summed E-state index contributed by atoms with van der Waals surface area (Å²) < 4.78 is 5.20. The number of ether oxygens (including phenoxy) is 1. The van der Waals surface area contributed by atoms with Gasteiger partial charge in [0.25, 0.3) is 0 Å². The molecule has 0 aliphatic carbocycles. The van der Waals surface area contributed by atoms with Crippen LogP contribution in [0.15, 0.2) is 24.3 Å². The molecule has 5 nitrogen and oxygen atoms in total. The van der Waals surface area contributed by atoms with Crippen LogP contribution in [0.4, 0.5) is 5.13 Å². The van der Waals surface area contributed by atoms with Crippen molar-refractivity contribution in [3.63, 3.8) is 0 Å². The summed E-state index contributed by atoms with van der Waals surface area (Å²) in [6.45, 7) is 4.58. The average Bonchev–Trinajstić information content (AvgIpc) is 3.23. The number of aromatic nitrogens is 2. The van der Waals surface area contributed by atoms with Crippen molar-refractivity contribution in [2.45, 2.75) is 18.9 Å². The summed E-state index contributed by atoms with van der Waals surface area (Å²) in [4.78, 5) is 5.01. The van der Waals surface area contributed by atoms with Gasteiger partial charge in [0.1, 0.15) is 10.8 Å². The third-order valence-electron chi connectivity index (χ3n) is 4.61. The lowest BCUT2D eigenvalue weighted by Crippen LogP contribution is -2.50. The van der Waals surface area contributed by atoms with Gasteiger partial charge in [0.2, 0.25) is 5.13 Å². The van der Waals surface area contributed by atoms with Gasteiger partial charge in [-0.05, 0) is 43.7 Å². The molecule has 1 aromatic carbocycles. The lowest BCUT2D eigenvalue weighted by Gasteiger charge is -2.37. The van der Waals surface area contributed by atoms with E-state index in [1.807, 2.05) is 24.3 Å². The second kappa shape index (κ2) is 5.85. The zero-order valence-electron chi connectivity index (χ0n) is 12.7. The maximum absolute atomic E-state index is 5.20. The molecule has 2 aromatic rings. The van der Waals surface area contributed by atoms with Crippen molar-refractivity contribution in [1.29, 1.82) is 0 Å². The van der Waals surface area contributed by atoms with Crippen LogP contribution >= 0.6 is 11.3 Å². The maximum atomic E-state index is 5.20. The predicted octanol–water partition coefficient (Wildman–Crippen LogP) is 2.50. The van der Waals surface area contributed by atoms with Gasteiger partial charge in [-0.1, -0.05) is 11.3 Å². The van der Waals surface area contributed by atoms with E-state index in [-0.39, 0.29) is 0 Å². The van der Waals surface area contributed by atoms with Crippen molar-refractivity contribution in [1.82, 2.24) is 15.1 Å². The first-order chi connectivity index (χ1) is 10.8. The quantitative estimate of drug-likeness (QED) is 0.870. The van der Waals surface area contributed by atoms with Gasteiger partial charge < -0.3 is 9.64 Å². The smallest absolute Gasteiger partial charge is 0.208 e. The first-order valence-electron chi connectivity index (χ1n) is 7.80. The minimum absolute atomic E-state index is 0.710. The van der Waals surface area contributed by atoms with Crippen LogP contribution in [0.25, 0.3) is 10.6 Å². The molecule has 0 saturated carbocycles. The topological polar surface area (TPSA) is 41.5 Å². The monoisotopic (exact) mass is 316 g/mol. The van der Waals surface area contributed by atoms with Crippen LogP contribution in [0.2, 0.25) is 0 Å². The van der Waals surface area contributed by atoms with Gasteiger partial charge in [0.05, 0.1) is 7.11 Å². The predicted molar refractivity (Wildman–Crippen MR) is 88.7 cm³/mol. The van der Waals surface area contributed by atoms with Gasteiger partial charge >= 0.3 is 0 Å². The molecule has 1 aromatic heterocycles. The summed E-state index contributed by atoms with van der Waals surface area (Å²) in [5, 5.41) is 10.8. The third-order valence-corrected chi connectivity index (χ3v) is 5.64. The van der Waals surface area contributed by atoms with E-state index < -0.39 is 0 Å². The molecule has 22 heavy (non-hydrogen) atoms. The SMILES string of the molecule is COc1ccc(-c2nnc(N3CCN4CCCC4C3)s2)cc1. The fourth-order valence-corrected chi connectivity index (χ4v) is 4.24. The Kier molecular flexibility index (Phi) is 3.72. The third kappa shape index (κ3) is 2.57. The van der Waals surface area contributed by atoms with Gasteiger partial charge in [0.15, 0.2) is 0 Å². The zero-order valence-corrected chi connectivity index (χ0v) is 13.6. The second-order valence-electron chi connectivity index (χ2n) is 5.90. The van der Waals surface area contributed by atoms with Crippen molar-refractivity contribution in [3.05, 3.63) is 24.3 Å². The number of nitrogens with zero attached hydrogens (tertiary/aromatic N) is 4. The molecule has 2 fully saturated rings. The summed E-state index contributed by atoms with van der Waals surface area (Å²) in [6, 6.07) is 8.72. The Morgan fingerprint density at radius 2 is 2.00 bits per heavy atom. The lowest BCUT2D eigenvalue weighted by atomic mass is 10.2. The molecule has 0 radical (unpaired) electrons. The fraction of sp³-hybridized carbons (Fsp3) is 0.500. The summed E-state index contributed by atoms with van der Waals surface area (Å²) in [5.74, 6) is 0.867. The second-order valence-corrected chi connectivity index (χ2v) is 6.85. The average molecular weight is 316 g/mol. The number of anilines is 1. The summed E-state index contributed by atoms with van der Waals surface area (Å²) in [6.07, 6.45) is 2.66. The van der Waals surface area contributed by atoms with Crippen LogP contribution in [0, 0.1) is 0 Å². The summed E-state index contributed by atoms with van der Waals surface area (Å²) >= 11 is 1.68. The van der Waals surface area contributed by atoms with E-state index in [0.717, 1.165) is 41.1 Å². The number of rotatable bonds is 3. The molecule has 3 heterocycles. The molecule has 4 rings (SSSR count). The van der Waals surface area contributed by atoms with Crippen molar-refractivity contribution >= 4 is 16.5 Å². The molecule has 2 aliphatic heterocycles. The molecular weight excluding hydrogens is 296 g/mol. The number of benzene rings is 1. The minimum atomic E-state index is 0.710. The molecule has 6 heteroatoms. The van der Waals surface area contributed by atoms with Crippen LogP contribution in [0.5, 0.6) is 5.75 Å². The fourth-order valence-electron chi connectivity index (χ4n) is 3.36. The molecular formula is C16H20N4OS. The molecule has 0 amide bonds. The van der Waals surface area contributed by atoms with Crippen LogP contribution in [0.1, 0.15) is 12.8 Å². The number of fused-ring (bicyclic) bond motifs is 1. The highest BCUT2D eigenvalue weighted by Crippen LogP contribution is 2.32. The van der Waals surface area contributed by atoms with E-state index in [1.165, 1.54) is 19.4 Å². The van der Waals surface area contributed by atoms with Crippen molar-refractivity contribution in [3.8, 4) is 16.3 Å². The van der Waals surface area contributed by atoms with Crippen LogP contribution in [0.3, 0.4) is 0 Å². The molecule has 0 N–H and O–H groups in total. The Labute approximate surface area is 134 Å². The first-order valence-corrected chi connectivity index (χ1v) is 8.62. The van der Waals surface area contributed by atoms with Crippen LogP contribution < -0.4 is 9.64 Å². The maximum Gasteiger partial charge on any atom is 0.208 e. The Morgan fingerprint density at radius 3 is 2.82 bits per heavy atom. The standard InChI is InChI=1S/C16H20N4OS/c1-21-14-6-4-12(5-7-14)15-17-18-16(22-15)20-10-9-19-8-2-3-13(19)11-20/h4-7,13H,2-3,8-11H2,1H3. The number of piperazine rings is 1. The van der Waals surface area contributed by atoms with Gasteiger partial charge in [-0.2, -0.15) is 0 Å². The van der Waals surface area contributed by atoms with Gasteiger partial charge in [0, 0.05) is 31.2 Å². The number of methoxy groups -OCH3 is 1. The summed E-state index contributed by atoms with van der Waals surface area (Å²) in [5.41, 5.74) is 1.10. The van der Waals surface area contributed by atoms with Gasteiger partial charge in [-0.3, -0.25) is 4.90 Å². The van der Waals surface area contributed by atoms with Gasteiger partial charge in [-0.25, -0.2) is 0 Å². The highest BCUT2D eigenvalue weighted by Gasteiger charge is 2.31. The zero-order chi connectivity index (χ0) is 14.9. The Bertz CT molecular complexity index is 642. The highest BCUT2D eigenvalue weighted by molar-refractivity contribution is 7.18.